The normalized spacial score (nSPS) is 33.0. The lowest BCUT2D eigenvalue weighted by molar-refractivity contribution is 0.0212. The van der Waals surface area contributed by atoms with Crippen LogP contribution in [0.2, 0.25) is 0 Å². The average Bonchev–Trinajstić information content (AvgIpc) is 2.48. The molecule has 0 saturated heterocycles. The van der Waals surface area contributed by atoms with Gasteiger partial charge in [0.25, 0.3) is 0 Å². The van der Waals surface area contributed by atoms with Crippen molar-refractivity contribution in [2.24, 2.45) is 5.41 Å². The Labute approximate surface area is 123 Å². The molecule has 2 heteroatoms. The second-order valence-electron chi connectivity index (χ2n) is 7.34. The van der Waals surface area contributed by atoms with E-state index in [9.17, 15) is 0 Å². The molecule has 0 aromatic heterocycles. The summed E-state index contributed by atoms with van der Waals surface area (Å²) in [5.41, 5.74) is 0.729. The minimum absolute atomic E-state index is 0.573. The molecule has 0 bridgehead atoms. The van der Waals surface area contributed by atoms with Gasteiger partial charge in [-0.2, -0.15) is 11.8 Å². The number of hydrogen-bond acceptors (Lipinski definition) is 2. The summed E-state index contributed by atoms with van der Waals surface area (Å²) in [5, 5.41) is 4.02. The molecule has 1 spiro atoms. The van der Waals surface area contributed by atoms with E-state index >= 15 is 0 Å². The molecule has 1 unspecified atom stereocenters. The number of rotatable bonds is 4. The molecular weight excluding hydrogens is 250 g/mol. The van der Waals surface area contributed by atoms with Crippen LogP contribution >= 0.6 is 11.8 Å². The molecule has 19 heavy (non-hydrogen) atoms. The van der Waals surface area contributed by atoms with Crippen LogP contribution < -0.4 is 5.32 Å². The van der Waals surface area contributed by atoms with E-state index in [1.807, 2.05) is 0 Å². The van der Waals surface area contributed by atoms with Crippen molar-refractivity contribution >= 4 is 11.8 Å². The first-order chi connectivity index (χ1) is 9.29. The van der Waals surface area contributed by atoms with Gasteiger partial charge in [-0.15, -0.1) is 0 Å². The van der Waals surface area contributed by atoms with Crippen LogP contribution in [0.4, 0.5) is 0 Å². The Balaban J connectivity index is 1.53. The fourth-order valence-electron chi connectivity index (χ4n) is 4.83. The van der Waals surface area contributed by atoms with E-state index < -0.39 is 0 Å². The summed E-state index contributed by atoms with van der Waals surface area (Å²) < 4.78 is 0.573. The lowest BCUT2D eigenvalue weighted by Gasteiger charge is -2.53. The van der Waals surface area contributed by atoms with Gasteiger partial charge in [-0.3, -0.25) is 0 Å². The Morgan fingerprint density at radius 1 is 0.895 bits per heavy atom. The van der Waals surface area contributed by atoms with Gasteiger partial charge in [-0.05, 0) is 50.2 Å². The summed E-state index contributed by atoms with van der Waals surface area (Å²) in [4.78, 5) is 0. The predicted molar refractivity (Wildman–Crippen MR) is 85.9 cm³/mol. The molecule has 0 amide bonds. The summed E-state index contributed by atoms with van der Waals surface area (Å²) in [6.07, 6.45) is 20.1. The maximum absolute atomic E-state index is 4.02. The highest BCUT2D eigenvalue weighted by molar-refractivity contribution is 8.00. The van der Waals surface area contributed by atoms with Crippen LogP contribution in [0, 0.1) is 5.41 Å². The third-order valence-electron chi connectivity index (χ3n) is 6.39. The zero-order valence-corrected chi connectivity index (χ0v) is 13.5. The highest BCUT2D eigenvalue weighted by Crippen LogP contribution is 2.52. The Morgan fingerprint density at radius 3 is 2.05 bits per heavy atom. The van der Waals surface area contributed by atoms with Gasteiger partial charge in [0.05, 0.1) is 0 Å². The molecule has 3 aliphatic rings. The summed E-state index contributed by atoms with van der Waals surface area (Å²) in [6.45, 7) is 1.28. The molecule has 3 rings (SSSR count). The SMILES string of the molecule is CSC1(CNC2CCC23CCCCC3)CCCCC1. The monoisotopic (exact) mass is 281 g/mol. The van der Waals surface area contributed by atoms with Crippen LogP contribution in [0.5, 0.6) is 0 Å². The Kier molecular flexibility index (Phi) is 4.48. The molecule has 1 atom stereocenters. The molecule has 3 saturated carbocycles. The Hall–Kier alpha value is 0.310. The molecule has 0 aromatic rings. The third-order valence-corrected chi connectivity index (χ3v) is 7.81. The molecule has 0 radical (unpaired) electrons. The maximum atomic E-state index is 4.02. The molecule has 1 N–H and O–H groups in total. The fourth-order valence-corrected chi connectivity index (χ4v) is 5.75. The standard InChI is InChI=1S/C17H31NS/c1-19-17(11-6-3-7-12-17)14-18-15-8-13-16(15)9-4-2-5-10-16/h15,18H,2-14H2,1H3. The van der Waals surface area contributed by atoms with Gasteiger partial charge in [-0.25, -0.2) is 0 Å². The maximum Gasteiger partial charge on any atom is 0.0281 e. The topological polar surface area (TPSA) is 12.0 Å². The van der Waals surface area contributed by atoms with E-state index in [0.717, 1.165) is 11.5 Å². The van der Waals surface area contributed by atoms with Crippen LogP contribution in [0.15, 0.2) is 0 Å². The van der Waals surface area contributed by atoms with Gasteiger partial charge >= 0.3 is 0 Å². The number of thioether (sulfide) groups is 1. The van der Waals surface area contributed by atoms with Gasteiger partial charge in [0.15, 0.2) is 0 Å². The highest BCUT2D eigenvalue weighted by Gasteiger charge is 2.47. The van der Waals surface area contributed by atoms with E-state index in [4.69, 9.17) is 0 Å². The number of nitrogens with one attached hydrogen (secondary N) is 1. The van der Waals surface area contributed by atoms with Gasteiger partial charge in [0.2, 0.25) is 0 Å². The predicted octanol–water partition coefficient (Wildman–Crippen LogP) is 4.75. The molecule has 0 aliphatic heterocycles. The minimum atomic E-state index is 0.573. The van der Waals surface area contributed by atoms with E-state index in [0.29, 0.717) is 4.75 Å². The minimum Gasteiger partial charge on any atom is -0.312 e. The molecule has 0 heterocycles. The van der Waals surface area contributed by atoms with Crippen LogP contribution in [0.3, 0.4) is 0 Å². The molecule has 3 fully saturated rings. The fraction of sp³-hybridized carbons (Fsp3) is 1.00. The summed E-state index contributed by atoms with van der Waals surface area (Å²) >= 11 is 2.14. The quantitative estimate of drug-likeness (QED) is 0.797. The molecule has 110 valence electrons. The Morgan fingerprint density at radius 2 is 1.53 bits per heavy atom. The highest BCUT2D eigenvalue weighted by atomic mass is 32.2. The lowest BCUT2D eigenvalue weighted by Crippen LogP contribution is -2.57. The molecular formula is C17H31NS. The van der Waals surface area contributed by atoms with Gasteiger partial charge in [0, 0.05) is 17.3 Å². The largest absolute Gasteiger partial charge is 0.312 e. The van der Waals surface area contributed by atoms with Crippen molar-refractivity contribution in [3.05, 3.63) is 0 Å². The summed E-state index contributed by atoms with van der Waals surface area (Å²) in [7, 11) is 0. The summed E-state index contributed by atoms with van der Waals surface area (Å²) in [5.74, 6) is 0. The first kappa shape index (κ1) is 14.3. The molecule has 1 nitrogen and oxygen atoms in total. The second kappa shape index (κ2) is 5.97. The zero-order valence-electron chi connectivity index (χ0n) is 12.7. The first-order valence-corrected chi connectivity index (χ1v) is 9.80. The van der Waals surface area contributed by atoms with E-state index in [2.05, 4.69) is 23.3 Å². The van der Waals surface area contributed by atoms with Crippen molar-refractivity contribution in [2.75, 3.05) is 12.8 Å². The Bertz CT molecular complexity index is 290. The van der Waals surface area contributed by atoms with E-state index in [1.54, 1.807) is 0 Å². The number of hydrogen-bond donors (Lipinski definition) is 1. The van der Waals surface area contributed by atoms with Crippen molar-refractivity contribution < 1.29 is 0 Å². The van der Waals surface area contributed by atoms with Crippen molar-refractivity contribution in [1.82, 2.24) is 5.32 Å². The third kappa shape index (κ3) is 2.85. The second-order valence-corrected chi connectivity index (χ2v) is 8.62. The van der Waals surface area contributed by atoms with E-state index in [-0.39, 0.29) is 0 Å². The van der Waals surface area contributed by atoms with Crippen LogP contribution in [0.25, 0.3) is 0 Å². The smallest absolute Gasteiger partial charge is 0.0281 e. The van der Waals surface area contributed by atoms with Gasteiger partial charge < -0.3 is 5.32 Å². The summed E-state index contributed by atoms with van der Waals surface area (Å²) in [6, 6.07) is 0.860. The van der Waals surface area contributed by atoms with Gasteiger partial charge in [-0.1, -0.05) is 38.5 Å². The van der Waals surface area contributed by atoms with Crippen molar-refractivity contribution in [2.45, 2.75) is 87.8 Å². The van der Waals surface area contributed by atoms with Crippen molar-refractivity contribution in [1.29, 1.82) is 0 Å². The van der Waals surface area contributed by atoms with Crippen molar-refractivity contribution in [3.63, 3.8) is 0 Å². The molecule has 3 aliphatic carbocycles. The lowest BCUT2D eigenvalue weighted by atomic mass is 9.57. The van der Waals surface area contributed by atoms with Gasteiger partial charge in [0.1, 0.15) is 0 Å². The zero-order chi connectivity index (χ0) is 13.2. The van der Waals surface area contributed by atoms with Crippen LogP contribution in [-0.2, 0) is 0 Å². The average molecular weight is 282 g/mol. The van der Waals surface area contributed by atoms with Crippen molar-refractivity contribution in [3.8, 4) is 0 Å². The van der Waals surface area contributed by atoms with Crippen LogP contribution in [-0.4, -0.2) is 23.6 Å². The molecule has 0 aromatic carbocycles. The first-order valence-electron chi connectivity index (χ1n) is 8.57. The van der Waals surface area contributed by atoms with E-state index in [1.165, 1.54) is 83.6 Å². The van der Waals surface area contributed by atoms with Crippen LogP contribution in [0.1, 0.15) is 77.0 Å².